The molecule has 3 aromatic carbocycles. The van der Waals surface area contributed by atoms with Crippen LogP contribution in [-0.4, -0.2) is 34.3 Å². The van der Waals surface area contributed by atoms with Gasteiger partial charge in [0.05, 0.1) is 31.3 Å². The van der Waals surface area contributed by atoms with Crippen molar-refractivity contribution in [3.8, 4) is 11.5 Å². The average Bonchev–Trinajstić information content (AvgIpc) is 2.77. The first-order valence-corrected chi connectivity index (χ1v) is 12.3. The second-order valence-electron chi connectivity index (χ2n) is 7.04. The highest BCUT2D eigenvalue weighted by molar-refractivity contribution is 7.92. The van der Waals surface area contributed by atoms with E-state index >= 15 is 0 Å². The lowest BCUT2D eigenvalue weighted by Gasteiger charge is -2.23. The van der Waals surface area contributed by atoms with Gasteiger partial charge in [-0.05, 0) is 54.1 Å². The molecule has 0 aliphatic rings. The zero-order valence-corrected chi connectivity index (χ0v) is 20.2. The fourth-order valence-corrected chi connectivity index (χ4v) is 4.25. The number of carbonyl (C=O) groups excluding carboxylic acids is 1. The van der Waals surface area contributed by atoms with Gasteiger partial charge in [-0.15, -0.1) is 0 Å². The Labute approximate surface area is 202 Å². The van der Waals surface area contributed by atoms with Gasteiger partial charge in [0.2, 0.25) is 10.0 Å². The molecule has 174 valence electrons. The number of carbonyl (C=O) groups is 1. The van der Waals surface area contributed by atoms with Gasteiger partial charge in [-0.25, -0.2) is 8.42 Å². The van der Waals surface area contributed by atoms with Crippen molar-refractivity contribution in [1.29, 1.82) is 0 Å². The quantitative estimate of drug-likeness (QED) is 0.440. The van der Waals surface area contributed by atoms with Crippen LogP contribution in [0.4, 0.5) is 11.4 Å². The van der Waals surface area contributed by atoms with Crippen molar-refractivity contribution in [2.75, 3.05) is 29.6 Å². The van der Waals surface area contributed by atoms with Crippen LogP contribution >= 0.6 is 23.2 Å². The summed E-state index contributed by atoms with van der Waals surface area (Å²) in [7, 11) is -2.08. The van der Waals surface area contributed by atoms with E-state index in [1.54, 1.807) is 66.7 Å². The monoisotopic (exact) mass is 508 g/mol. The molecule has 0 heterocycles. The van der Waals surface area contributed by atoms with E-state index in [-0.39, 0.29) is 13.2 Å². The molecular formula is C23H22Cl2N2O5S. The number of nitrogens with one attached hydrogen (secondary N) is 1. The number of nitrogens with zero attached hydrogens (tertiary/aromatic N) is 1. The number of hydrogen-bond acceptors (Lipinski definition) is 5. The summed E-state index contributed by atoms with van der Waals surface area (Å²) in [6.07, 6.45) is 1.13. The third-order valence-corrected chi connectivity index (χ3v) is 6.35. The van der Waals surface area contributed by atoms with Crippen LogP contribution in [0.25, 0.3) is 0 Å². The van der Waals surface area contributed by atoms with E-state index < -0.39 is 15.9 Å². The molecule has 3 aromatic rings. The van der Waals surface area contributed by atoms with E-state index in [1.165, 1.54) is 11.4 Å². The Morgan fingerprint density at radius 2 is 1.73 bits per heavy atom. The van der Waals surface area contributed by atoms with Crippen molar-refractivity contribution in [3.63, 3.8) is 0 Å². The molecule has 0 aliphatic heterocycles. The minimum atomic E-state index is -3.57. The Hall–Kier alpha value is -2.94. The molecular weight excluding hydrogens is 487 g/mol. The van der Waals surface area contributed by atoms with Crippen LogP contribution < -0.4 is 19.1 Å². The number of hydrogen-bond donors (Lipinski definition) is 1. The third kappa shape index (κ3) is 6.77. The molecule has 7 nitrogen and oxygen atoms in total. The summed E-state index contributed by atoms with van der Waals surface area (Å²) in [4.78, 5) is 12.3. The summed E-state index contributed by atoms with van der Waals surface area (Å²) in [5.41, 5.74) is 1.55. The summed E-state index contributed by atoms with van der Waals surface area (Å²) in [5.74, 6) is 0.464. The van der Waals surface area contributed by atoms with Crippen LogP contribution in [0.15, 0.2) is 66.7 Å². The van der Waals surface area contributed by atoms with Gasteiger partial charge in [-0.2, -0.15) is 0 Å². The lowest BCUT2D eigenvalue weighted by atomic mass is 10.2. The highest BCUT2D eigenvalue weighted by Gasteiger charge is 2.19. The van der Waals surface area contributed by atoms with Crippen LogP contribution in [0, 0.1) is 0 Å². The molecule has 0 radical (unpaired) electrons. The highest BCUT2D eigenvalue weighted by atomic mass is 35.5. The summed E-state index contributed by atoms with van der Waals surface area (Å²) >= 11 is 12.2. The largest absolute Gasteiger partial charge is 0.495 e. The van der Waals surface area contributed by atoms with E-state index in [0.29, 0.717) is 38.5 Å². The molecule has 0 aromatic heterocycles. The van der Waals surface area contributed by atoms with E-state index in [4.69, 9.17) is 32.7 Å². The first kappa shape index (κ1) is 24.7. The van der Waals surface area contributed by atoms with Crippen LogP contribution in [-0.2, 0) is 21.4 Å². The number of amides is 1. The van der Waals surface area contributed by atoms with Gasteiger partial charge in [-0.3, -0.25) is 9.10 Å². The maximum absolute atomic E-state index is 12.4. The molecule has 0 saturated carbocycles. The standard InChI is InChI=1S/C23H22Cl2N2O5S/c1-31-22-12-7-17(24)13-21(22)26-23(28)15-32-19-10-8-18(9-11-19)27(33(2,29)30)14-16-5-3-4-6-20(16)25/h3-13H,14-15H2,1-2H3,(H,26,28). The molecule has 0 bridgehead atoms. The van der Waals surface area contributed by atoms with Gasteiger partial charge in [-0.1, -0.05) is 41.4 Å². The molecule has 10 heteroatoms. The van der Waals surface area contributed by atoms with Gasteiger partial charge in [0.15, 0.2) is 6.61 Å². The number of halogens is 2. The molecule has 1 N–H and O–H groups in total. The summed E-state index contributed by atoms with van der Waals surface area (Å²) in [6.45, 7) is -0.174. The van der Waals surface area contributed by atoms with Gasteiger partial charge in [0, 0.05) is 10.0 Å². The summed E-state index contributed by atoms with van der Waals surface area (Å²) < 4.78 is 36.7. The van der Waals surface area contributed by atoms with Gasteiger partial charge in [0.1, 0.15) is 11.5 Å². The Morgan fingerprint density at radius 3 is 2.36 bits per heavy atom. The minimum absolute atomic E-state index is 0.0859. The first-order valence-electron chi connectivity index (χ1n) is 9.75. The molecule has 0 unspecified atom stereocenters. The van der Waals surface area contributed by atoms with E-state index in [9.17, 15) is 13.2 Å². The summed E-state index contributed by atoms with van der Waals surface area (Å²) in [5, 5.41) is 3.61. The van der Waals surface area contributed by atoms with Gasteiger partial charge < -0.3 is 14.8 Å². The third-order valence-electron chi connectivity index (χ3n) is 4.60. The van der Waals surface area contributed by atoms with Crippen LogP contribution in [0.3, 0.4) is 0 Å². The maximum Gasteiger partial charge on any atom is 0.262 e. The number of ether oxygens (including phenoxy) is 2. The Kier molecular flexibility index (Phi) is 8.07. The van der Waals surface area contributed by atoms with Crippen molar-refractivity contribution in [2.24, 2.45) is 0 Å². The van der Waals surface area contributed by atoms with E-state index in [1.807, 2.05) is 0 Å². The van der Waals surface area contributed by atoms with Crippen molar-refractivity contribution in [2.45, 2.75) is 6.54 Å². The average molecular weight is 509 g/mol. The van der Waals surface area contributed by atoms with Crippen molar-refractivity contribution >= 4 is 50.5 Å². The minimum Gasteiger partial charge on any atom is -0.495 e. The summed E-state index contributed by atoms with van der Waals surface area (Å²) in [6, 6.07) is 18.3. The van der Waals surface area contributed by atoms with Crippen molar-refractivity contribution in [1.82, 2.24) is 0 Å². The van der Waals surface area contributed by atoms with Crippen LogP contribution in [0.5, 0.6) is 11.5 Å². The van der Waals surface area contributed by atoms with Crippen LogP contribution in [0.1, 0.15) is 5.56 Å². The highest BCUT2D eigenvalue weighted by Crippen LogP contribution is 2.28. The molecule has 33 heavy (non-hydrogen) atoms. The molecule has 0 saturated heterocycles. The zero-order valence-electron chi connectivity index (χ0n) is 17.9. The van der Waals surface area contributed by atoms with Gasteiger partial charge >= 0.3 is 0 Å². The molecule has 1 amide bonds. The zero-order chi connectivity index (χ0) is 24.0. The molecule has 0 spiro atoms. The predicted molar refractivity (Wildman–Crippen MR) is 131 cm³/mol. The smallest absolute Gasteiger partial charge is 0.262 e. The number of anilines is 2. The SMILES string of the molecule is COc1ccc(Cl)cc1NC(=O)COc1ccc(N(Cc2ccccc2Cl)S(C)(=O)=O)cc1. The van der Waals surface area contributed by atoms with E-state index in [2.05, 4.69) is 5.32 Å². The Bertz CT molecular complexity index is 1230. The number of benzene rings is 3. The van der Waals surface area contributed by atoms with Gasteiger partial charge in [0.25, 0.3) is 5.91 Å². The topological polar surface area (TPSA) is 84.9 Å². The fourth-order valence-electron chi connectivity index (χ4n) is 3.00. The Morgan fingerprint density at radius 1 is 1.03 bits per heavy atom. The first-order chi connectivity index (χ1) is 15.7. The van der Waals surface area contributed by atoms with Crippen molar-refractivity contribution < 1.29 is 22.7 Å². The second-order valence-corrected chi connectivity index (χ2v) is 9.79. The molecule has 0 atom stereocenters. The lowest BCUT2D eigenvalue weighted by molar-refractivity contribution is -0.118. The molecule has 0 fully saturated rings. The normalized spacial score (nSPS) is 11.0. The molecule has 0 aliphatic carbocycles. The molecule has 3 rings (SSSR count). The Balaban J connectivity index is 1.67. The number of rotatable bonds is 9. The number of methoxy groups -OCH3 is 1. The second kappa shape index (κ2) is 10.8. The van der Waals surface area contributed by atoms with Crippen LogP contribution in [0.2, 0.25) is 10.0 Å². The van der Waals surface area contributed by atoms with E-state index in [0.717, 1.165) is 6.26 Å². The number of sulfonamides is 1. The predicted octanol–water partition coefficient (Wildman–Crippen LogP) is 4.99. The fraction of sp³-hybridized carbons (Fsp3) is 0.174. The maximum atomic E-state index is 12.4. The van der Waals surface area contributed by atoms with Crippen molar-refractivity contribution in [3.05, 3.63) is 82.3 Å². The lowest BCUT2D eigenvalue weighted by Crippen LogP contribution is -2.29.